The van der Waals surface area contributed by atoms with Crippen LogP contribution in [0.15, 0.2) is 12.3 Å². The fourth-order valence-electron chi connectivity index (χ4n) is 1.04. The number of nitrogens with one attached hydrogen (secondary N) is 1. The third kappa shape index (κ3) is 2.59. The summed E-state index contributed by atoms with van der Waals surface area (Å²) in [4.78, 5) is 4.09. The molecule has 0 atom stereocenters. The molecule has 0 aliphatic carbocycles. The Kier molecular flexibility index (Phi) is 3.52. The minimum absolute atomic E-state index is 0.102. The normalized spacial score (nSPS) is 9.77. The Hall–Kier alpha value is -1.29. The lowest BCUT2D eigenvalue weighted by atomic mass is 10.3. The average Bonchev–Trinajstić information content (AvgIpc) is 2.15. The van der Waals surface area contributed by atoms with Crippen molar-refractivity contribution in [3.8, 4) is 5.75 Å². The fourth-order valence-corrected chi connectivity index (χ4v) is 1.04. The number of methoxy groups -OCH3 is 1. The highest BCUT2D eigenvalue weighted by Gasteiger charge is 2.01. The highest BCUT2D eigenvalue weighted by atomic mass is 16.5. The van der Waals surface area contributed by atoms with E-state index in [9.17, 15) is 0 Å². The van der Waals surface area contributed by atoms with Crippen LogP contribution in [0.5, 0.6) is 5.75 Å². The van der Waals surface area contributed by atoms with Gasteiger partial charge in [-0.05, 0) is 13.0 Å². The molecule has 0 bridgehead atoms. The molecule has 72 valence electrons. The second kappa shape index (κ2) is 4.67. The number of hydrogen-bond acceptors (Lipinski definition) is 4. The maximum Gasteiger partial charge on any atom is 0.160 e. The molecule has 4 nitrogen and oxygen atoms in total. The zero-order chi connectivity index (χ0) is 9.68. The molecular weight excluding hydrogens is 168 g/mol. The van der Waals surface area contributed by atoms with E-state index in [-0.39, 0.29) is 6.61 Å². The summed E-state index contributed by atoms with van der Waals surface area (Å²) in [6.07, 6.45) is 1.66. The van der Waals surface area contributed by atoms with E-state index in [0.717, 1.165) is 11.4 Å². The molecule has 0 saturated heterocycles. The second-order valence-corrected chi connectivity index (χ2v) is 2.68. The predicted molar refractivity (Wildman–Crippen MR) is 51.1 cm³/mol. The smallest absolute Gasteiger partial charge is 0.160 e. The average molecular weight is 182 g/mol. The summed E-state index contributed by atoms with van der Waals surface area (Å²) in [6, 6.07) is 1.88. The maximum atomic E-state index is 8.64. The Morgan fingerprint density at radius 2 is 2.38 bits per heavy atom. The van der Waals surface area contributed by atoms with E-state index in [1.807, 2.05) is 13.0 Å². The van der Waals surface area contributed by atoms with Crippen LogP contribution in [-0.4, -0.2) is 30.4 Å². The molecule has 0 unspecified atom stereocenters. The number of aliphatic hydroxyl groups excluding tert-OH is 1. The summed E-state index contributed by atoms with van der Waals surface area (Å²) in [7, 11) is 1.59. The molecule has 0 aliphatic rings. The molecule has 0 fully saturated rings. The van der Waals surface area contributed by atoms with Gasteiger partial charge in [0.15, 0.2) is 5.75 Å². The minimum Gasteiger partial charge on any atom is -0.493 e. The van der Waals surface area contributed by atoms with E-state index in [2.05, 4.69) is 10.3 Å². The van der Waals surface area contributed by atoms with Crippen LogP contribution in [-0.2, 0) is 0 Å². The molecule has 1 aromatic rings. The van der Waals surface area contributed by atoms with Gasteiger partial charge in [-0.3, -0.25) is 4.98 Å². The molecular formula is C9H14N2O2. The maximum absolute atomic E-state index is 8.64. The lowest BCUT2D eigenvalue weighted by molar-refractivity contribution is 0.311. The third-order valence-electron chi connectivity index (χ3n) is 1.65. The summed E-state index contributed by atoms with van der Waals surface area (Å²) in [6.45, 7) is 2.52. The zero-order valence-corrected chi connectivity index (χ0v) is 7.87. The number of hydrogen-bond donors (Lipinski definition) is 2. The van der Waals surface area contributed by atoms with Crippen LogP contribution in [0.3, 0.4) is 0 Å². The zero-order valence-electron chi connectivity index (χ0n) is 7.87. The van der Waals surface area contributed by atoms with E-state index >= 15 is 0 Å². The number of nitrogens with zero attached hydrogens (tertiary/aromatic N) is 1. The molecule has 0 spiro atoms. The van der Waals surface area contributed by atoms with Gasteiger partial charge in [0, 0.05) is 12.2 Å². The van der Waals surface area contributed by atoms with Crippen molar-refractivity contribution in [3.63, 3.8) is 0 Å². The number of aliphatic hydroxyl groups is 1. The molecule has 0 amide bonds. The summed E-state index contributed by atoms with van der Waals surface area (Å²) >= 11 is 0. The highest BCUT2D eigenvalue weighted by molar-refractivity contribution is 5.55. The fraction of sp³-hybridized carbons (Fsp3) is 0.444. The summed E-state index contributed by atoms with van der Waals surface area (Å²) in [5.41, 5.74) is 1.78. The van der Waals surface area contributed by atoms with Crippen LogP contribution in [0.2, 0.25) is 0 Å². The Bertz CT molecular complexity index is 276. The van der Waals surface area contributed by atoms with Crippen LogP contribution in [0.25, 0.3) is 0 Å². The molecule has 4 heteroatoms. The molecule has 1 rings (SSSR count). The number of ether oxygens (including phenoxy) is 1. The Balaban J connectivity index is 2.81. The SMILES string of the molecule is COc1cnc(C)cc1NCCO. The van der Waals surface area contributed by atoms with Gasteiger partial charge in [-0.1, -0.05) is 0 Å². The number of anilines is 1. The Morgan fingerprint density at radius 3 is 3.00 bits per heavy atom. The topological polar surface area (TPSA) is 54.4 Å². The van der Waals surface area contributed by atoms with Crippen molar-refractivity contribution < 1.29 is 9.84 Å². The predicted octanol–water partition coefficient (Wildman–Crippen LogP) is 0.803. The number of aromatic nitrogens is 1. The molecule has 0 aliphatic heterocycles. The summed E-state index contributed by atoms with van der Waals surface area (Å²) < 4.78 is 5.09. The quantitative estimate of drug-likeness (QED) is 0.723. The Morgan fingerprint density at radius 1 is 1.62 bits per heavy atom. The van der Waals surface area contributed by atoms with Gasteiger partial charge in [0.2, 0.25) is 0 Å². The van der Waals surface area contributed by atoms with Gasteiger partial charge >= 0.3 is 0 Å². The van der Waals surface area contributed by atoms with E-state index in [4.69, 9.17) is 9.84 Å². The molecule has 13 heavy (non-hydrogen) atoms. The highest BCUT2D eigenvalue weighted by Crippen LogP contribution is 2.22. The van der Waals surface area contributed by atoms with Gasteiger partial charge in [-0.25, -0.2) is 0 Å². The number of rotatable bonds is 4. The van der Waals surface area contributed by atoms with E-state index in [1.165, 1.54) is 0 Å². The first kappa shape index (κ1) is 9.80. The van der Waals surface area contributed by atoms with Crippen molar-refractivity contribution >= 4 is 5.69 Å². The largest absolute Gasteiger partial charge is 0.493 e. The summed E-state index contributed by atoms with van der Waals surface area (Å²) in [5.74, 6) is 0.694. The van der Waals surface area contributed by atoms with Crippen LogP contribution in [0.1, 0.15) is 5.69 Å². The first-order valence-electron chi connectivity index (χ1n) is 4.13. The standard InChI is InChI=1S/C9H14N2O2/c1-7-5-8(10-3-4-12)9(13-2)6-11-7/h5-6,12H,3-4H2,1-2H3,(H,10,11). The van der Waals surface area contributed by atoms with Gasteiger partial charge < -0.3 is 15.2 Å². The minimum atomic E-state index is 0.102. The van der Waals surface area contributed by atoms with Crippen LogP contribution in [0, 0.1) is 6.92 Å². The monoisotopic (exact) mass is 182 g/mol. The van der Waals surface area contributed by atoms with Crippen molar-refractivity contribution in [1.29, 1.82) is 0 Å². The third-order valence-corrected chi connectivity index (χ3v) is 1.65. The van der Waals surface area contributed by atoms with Crippen LogP contribution in [0.4, 0.5) is 5.69 Å². The van der Waals surface area contributed by atoms with Crippen molar-refractivity contribution in [2.24, 2.45) is 0 Å². The lowest BCUT2D eigenvalue weighted by Crippen LogP contribution is -2.07. The first-order valence-corrected chi connectivity index (χ1v) is 4.13. The van der Waals surface area contributed by atoms with Crippen LogP contribution >= 0.6 is 0 Å². The van der Waals surface area contributed by atoms with E-state index in [0.29, 0.717) is 12.3 Å². The van der Waals surface area contributed by atoms with Gasteiger partial charge in [-0.2, -0.15) is 0 Å². The molecule has 0 aromatic carbocycles. The van der Waals surface area contributed by atoms with Crippen LogP contribution < -0.4 is 10.1 Å². The second-order valence-electron chi connectivity index (χ2n) is 2.68. The number of pyridine rings is 1. The molecule has 0 radical (unpaired) electrons. The molecule has 1 heterocycles. The summed E-state index contributed by atoms with van der Waals surface area (Å²) in [5, 5.41) is 11.7. The molecule has 0 saturated carbocycles. The van der Waals surface area contributed by atoms with Crippen molar-refractivity contribution in [1.82, 2.24) is 4.98 Å². The van der Waals surface area contributed by atoms with Gasteiger partial charge in [0.05, 0.1) is 25.6 Å². The lowest BCUT2D eigenvalue weighted by Gasteiger charge is -2.09. The van der Waals surface area contributed by atoms with Crippen molar-refractivity contribution in [2.45, 2.75) is 6.92 Å². The molecule has 2 N–H and O–H groups in total. The van der Waals surface area contributed by atoms with Gasteiger partial charge in [0.1, 0.15) is 0 Å². The van der Waals surface area contributed by atoms with Gasteiger partial charge in [-0.15, -0.1) is 0 Å². The van der Waals surface area contributed by atoms with Crippen molar-refractivity contribution in [3.05, 3.63) is 18.0 Å². The van der Waals surface area contributed by atoms with Gasteiger partial charge in [0.25, 0.3) is 0 Å². The van der Waals surface area contributed by atoms with E-state index < -0.39 is 0 Å². The Labute approximate surface area is 77.6 Å². The first-order chi connectivity index (χ1) is 6.27. The van der Waals surface area contributed by atoms with E-state index in [1.54, 1.807) is 13.3 Å². The molecule has 1 aromatic heterocycles. The number of aryl methyl sites for hydroxylation is 1. The van der Waals surface area contributed by atoms with Crippen molar-refractivity contribution in [2.75, 3.05) is 25.6 Å².